The van der Waals surface area contributed by atoms with E-state index in [2.05, 4.69) is 4.99 Å². The molecular weight excluding hydrogens is 334 g/mol. The number of carbonyl (C=O) groups is 2. The first-order valence-electron chi connectivity index (χ1n) is 7.71. The van der Waals surface area contributed by atoms with Crippen LogP contribution in [0.3, 0.4) is 0 Å². The van der Waals surface area contributed by atoms with E-state index in [0.29, 0.717) is 22.5 Å². The molecule has 6 heteroatoms. The Hall–Kier alpha value is -2.99. The van der Waals surface area contributed by atoms with Gasteiger partial charge in [0.25, 0.3) is 5.91 Å². The quantitative estimate of drug-likeness (QED) is 0.784. The Morgan fingerprint density at radius 2 is 1.68 bits per heavy atom. The maximum absolute atomic E-state index is 12.3. The molecule has 126 valence electrons. The summed E-state index contributed by atoms with van der Waals surface area (Å²) in [5.41, 5.74) is 8.38. The number of nitrogens with zero attached hydrogens (tertiary/aromatic N) is 2. The van der Waals surface area contributed by atoms with Crippen LogP contribution in [0.1, 0.15) is 31.8 Å². The van der Waals surface area contributed by atoms with Crippen molar-refractivity contribution in [3.63, 3.8) is 0 Å². The first-order valence-corrected chi connectivity index (χ1v) is 8.59. The molecule has 1 aromatic heterocycles. The fourth-order valence-corrected chi connectivity index (χ4v) is 3.05. The zero-order valence-corrected chi connectivity index (χ0v) is 14.5. The molecule has 0 aliphatic carbocycles. The van der Waals surface area contributed by atoms with E-state index in [4.69, 9.17) is 5.73 Å². The first-order chi connectivity index (χ1) is 12.0. The summed E-state index contributed by atoms with van der Waals surface area (Å²) < 4.78 is 1.90. The zero-order valence-electron chi connectivity index (χ0n) is 13.7. The molecule has 0 fully saturated rings. The van der Waals surface area contributed by atoms with Crippen molar-refractivity contribution < 1.29 is 9.59 Å². The van der Waals surface area contributed by atoms with Crippen LogP contribution in [0.5, 0.6) is 0 Å². The normalized spacial score (nSPS) is 11.5. The van der Waals surface area contributed by atoms with Crippen molar-refractivity contribution >= 4 is 23.2 Å². The molecule has 0 radical (unpaired) electrons. The van der Waals surface area contributed by atoms with Crippen LogP contribution in [0.4, 0.5) is 0 Å². The monoisotopic (exact) mass is 351 g/mol. The van der Waals surface area contributed by atoms with E-state index in [1.165, 1.54) is 11.3 Å². The predicted octanol–water partition coefficient (Wildman–Crippen LogP) is 2.75. The molecule has 0 aliphatic rings. The number of benzene rings is 2. The van der Waals surface area contributed by atoms with E-state index in [1.54, 1.807) is 24.3 Å². The molecule has 0 spiro atoms. The summed E-state index contributed by atoms with van der Waals surface area (Å²) in [5.74, 6) is -0.714. The number of amides is 2. The standard InChI is InChI=1S/C19H17N3O2S/c1-13-2-6-16(7-3-13)18(24)21-19-22(10-11-25-19)12-14-4-8-15(9-5-14)17(20)23/h2-11H,12H2,1H3,(H2,20,23). The van der Waals surface area contributed by atoms with Gasteiger partial charge in [-0.25, -0.2) is 0 Å². The van der Waals surface area contributed by atoms with Crippen LogP contribution in [0.25, 0.3) is 0 Å². The maximum atomic E-state index is 12.3. The van der Waals surface area contributed by atoms with Gasteiger partial charge < -0.3 is 10.3 Å². The highest BCUT2D eigenvalue weighted by Gasteiger charge is 2.06. The molecule has 5 nitrogen and oxygen atoms in total. The van der Waals surface area contributed by atoms with Crippen LogP contribution in [0, 0.1) is 6.92 Å². The number of nitrogens with two attached hydrogens (primary N) is 1. The Morgan fingerprint density at radius 3 is 2.32 bits per heavy atom. The summed E-state index contributed by atoms with van der Waals surface area (Å²) in [6, 6.07) is 14.4. The highest BCUT2D eigenvalue weighted by atomic mass is 32.1. The zero-order chi connectivity index (χ0) is 17.8. The average molecular weight is 351 g/mol. The van der Waals surface area contributed by atoms with Crippen LogP contribution in [0.2, 0.25) is 0 Å². The van der Waals surface area contributed by atoms with Gasteiger partial charge in [0.15, 0.2) is 4.80 Å². The second-order valence-corrected chi connectivity index (χ2v) is 6.53. The van der Waals surface area contributed by atoms with Crippen molar-refractivity contribution in [2.75, 3.05) is 0 Å². The van der Waals surface area contributed by atoms with Crippen molar-refractivity contribution in [2.45, 2.75) is 13.5 Å². The molecule has 1 heterocycles. The molecule has 0 atom stereocenters. The maximum Gasteiger partial charge on any atom is 0.279 e. The largest absolute Gasteiger partial charge is 0.366 e. The highest BCUT2D eigenvalue weighted by molar-refractivity contribution is 7.07. The Morgan fingerprint density at radius 1 is 1.04 bits per heavy atom. The van der Waals surface area contributed by atoms with Crippen molar-refractivity contribution in [1.29, 1.82) is 0 Å². The molecule has 0 saturated heterocycles. The lowest BCUT2D eigenvalue weighted by molar-refractivity contribution is 0.0990. The molecule has 0 saturated carbocycles. The van der Waals surface area contributed by atoms with Crippen LogP contribution in [-0.4, -0.2) is 16.4 Å². The Balaban J connectivity index is 1.83. The lowest BCUT2D eigenvalue weighted by atomic mass is 10.1. The summed E-state index contributed by atoms with van der Waals surface area (Å²) in [7, 11) is 0. The molecule has 2 amide bonds. The topological polar surface area (TPSA) is 77.4 Å². The van der Waals surface area contributed by atoms with Gasteiger partial charge in [-0.1, -0.05) is 29.8 Å². The molecule has 0 bridgehead atoms. The highest BCUT2D eigenvalue weighted by Crippen LogP contribution is 2.07. The van der Waals surface area contributed by atoms with Gasteiger partial charge in [0.2, 0.25) is 5.91 Å². The van der Waals surface area contributed by atoms with E-state index in [9.17, 15) is 9.59 Å². The number of aryl methyl sites for hydroxylation is 1. The first kappa shape index (κ1) is 16.9. The lowest BCUT2D eigenvalue weighted by Crippen LogP contribution is -2.17. The van der Waals surface area contributed by atoms with E-state index >= 15 is 0 Å². The Kier molecular flexibility index (Phi) is 4.90. The molecule has 2 aromatic carbocycles. The lowest BCUT2D eigenvalue weighted by Gasteiger charge is -2.04. The van der Waals surface area contributed by atoms with Crippen LogP contribution in [0.15, 0.2) is 65.1 Å². The summed E-state index contributed by atoms with van der Waals surface area (Å²) >= 11 is 1.40. The van der Waals surface area contributed by atoms with Gasteiger partial charge in [0.05, 0.1) is 0 Å². The van der Waals surface area contributed by atoms with Crippen molar-refractivity contribution in [2.24, 2.45) is 10.7 Å². The van der Waals surface area contributed by atoms with E-state index in [1.807, 2.05) is 47.3 Å². The third-order valence-corrected chi connectivity index (χ3v) is 4.54. The number of hydrogen-bond acceptors (Lipinski definition) is 3. The molecule has 0 aliphatic heterocycles. The van der Waals surface area contributed by atoms with Crippen molar-refractivity contribution in [3.8, 4) is 0 Å². The third kappa shape index (κ3) is 4.10. The summed E-state index contributed by atoms with van der Waals surface area (Å²) in [6.07, 6.45) is 1.88. The predicted molar refractivity (Wildman–Crippen MR) is 97.4 cm³/mol. The molecule has 3 aromatic rings. The number of aromatic nitrogens is 1. The number of rotatable bonds is 4. The van der Waals surface area contributed by atoms with Gasteiger partial charge in [-0.05, 0) is 36.8 Å². The molecule has 3 rings (SSSR count). The second-order valence-electron chi connectivity index (χ2n) is 5.66. The molecular formula is C19H17N3O2S. The molecule has 25 heavy (non-hydrogen) atoms. The second kappa shape index (κ2) is 7.27. The third-order valence-electron chi connectivity index (χ3n) is 3.75. The van der Waals surface area contributed by atoms with Gasteiger partial charge >= 0.3 is 0 Å². The van der Waals surface area contributed by atoms with Gasteiger partial charge in [0.1, 0.15) is 0 Å². The van der Waals surface area contributed by atoms with Crippen LogP contribution >= 0.6 is 11.3 Å². The van der Waals surface area contributed by atoms with Crippen LogP contribution < -0.4 is 10.5 Å². The number of thiazole rings is 1. The van der Waals surface area contributed by atoms with Crippen molar-refractivity contribution in [1.82, 2.24) is 4.57 Å². The Bertz CT molecular complexity index is 967. The fraction of sp³-hybridized carbons (Fsp3) is 0.105. The fourth-order valence-electron chi connectivity index (χ4n) is 2.33. The molecule has 0 unspecified atom stereocenters. The van der Waals surface area contributed by atoms with E-state index in [-0.39, 0.29) is 5.91 Å². The van der Waals surface area contributed by atoms with E-state index in [0.717, 1.165) is 11.1 Å². The Labute approximate surface area is 149 Å². The average Bonchev–Trinajstić information content (AvgIpc) is 3.02. The van der Waals surface area contributed by atoms with E-state index < -0.39 is 5.91 Å². The number of carbonyl (C=O) groups excluding carboxylic acids is 2. The number of primary amides is 1. The summed E-state index contributed by atoms with van der Waals surface area (Å²) in [6.45, 7) is 2.53. The minimum absolute atomic E-state index is 0.264. The van der Waals surface area contributed by atoms with Crippen LogP contribution in [-0.2, 0) is 6.54 Å². The smallest absolute Gasteiger partial charge is 0.279 e. The summed E-state index contributed by atoms with van der Waals surface area (Å²) in [4.78, 5) is 28.3. The van der Waals surface area contributed by atoms with Gasteiger partial charge in [-0.2, -0.15) is 4.99 Å². The number of hydrogen-bond donors (Lipinski definition) is 1. The SMILES string of the molecule is Cc1ccc(C(=O)N=c2sccn2Cc2ccc(C(N)=O)cc2)cc1. The molecule has 2 N–H and O–H groups in total. The summed E-state index contributed by atoms with van der Waals surface area (Å²) in [5, 5.41) is 1.89. The van der Waals surface area contributed by atoms with Gasteiger partial charge in [-0.3, -0.25) is 9.59 Å². The minimum Gasteiger partial charge on any atom is -0.366 e. The van der Waals surface area contributed by atoms with Crippen molar-refractivity contribution in [3.05, 3.63) is 87.2 Å². The van der Waals surface area contributed by atoms with Gasteiger partial charge in [0, 0.05) is 29.2 Å². The van der Waals surface area contributed by atoms with Gasteiger partial charge in [-0.15, -0.1) is 11.3 Å². The minimum atomic E-state index is -0.450.